The average molecular weight is 330 g/mol. The molecule has 2 aromatic rings. The summed E-state index contributed by atoms with van der Waals surface area (Å²) >= 11 is 0. The summed E-state index contributed by atoms with van der Waals surface area (Å²) in [6.07, 6.45) is 8.82. The van der Waals surface area contributed by atoms with Crippen molar-refractivity contribution in [1.29, 1.82) is 0 Å². The van der Waals surface area contributed by atoms with E-state index in [1.54, 1.807) is 33.6 Å². The third-order valence-corrected chi connectivity index (χ3v) is 6.75. The van der Waals surface area contributed by atoms with Crippen LogP contribution >= 0.6 is 0 Å². The molecule has 0 spiro atoms. The standard InChI is InChI=1S/C23H26N2/c1-3-18-12-16(14-20-5-9-24(7-1)22(18)20)11-17-13-19-4-2-8-25-10-6-21(15-17)23(19)25/h12-15H,1-11H2. The van der Waals surface area contributed by atoms with Gasteiger partial charge < -0.3 is 9.80 Å². The van der Waals surface area contributed by atoms with Crippen molar-refractivity contribution < 1.29 is 0 Å². The minimum absolute atomic E-state index is 1.11. The van der Waals surface area contributed by atoms with E-state index in [2.05, 4.69) is 34.1 Å². The van der Waals surface area contributed by atoms with Gasteiger partial charge in [-0.2, -0.15) is 0 Å². The number of hydrogen-bond donors (Lipinski definition) is 0. The fourth-order valence-corrected chi connectivity index (χ4v) is 5.78. The number of hydrogen-bond acceptors (Lipinski definition) is 2. The van der Waals surface area contributed by atoms with E-state index in [1.165, 1.54) is 75.8 Å². The molecule has 0 radical (unpaired) electrons. The number of aryl methyl sites for hydroxylation is 2. The van der Waals surface area contributed by atoms with E-state index in [0.29, 0.717) is 0 Å². The molecule has 4 aliphatic heterocycles. The van der Waals surface area contributed by atoms with Gasteiger partial charge in [0.15, 0.2) is 0 Å². The third-order valence-electron chi connectivity index (χ3n) is 6.75. The number of rotatable bonds is 2. The molecular weight excluding hydrogens is 304 g/mol. The summed E-state index contributed by atoms with van der Waals surface area (Å²) in [5.41, 5.74) is 12.7. The first-order valence-corrected chi connectivity index (χ1v) is 10.1. The zero-order valence-corrected chi connectivity index (χ0v) is 15.0. The van der Waals surface area contributed by atoms with Crippen LogP contribution in [0.4, 0.5) is 11.4 Å². The van der Waals surface area contributed by atoms with Crippen LogP contribution in [0.25, 0.3) is 0 Å². The highest BCUT2D eigenvalue weighted by atomic mass is 15.2. The van der Waals surface area contributed by atoms with Gasteiger partial charge >= 0.3 is 0 Å². The van der Waals surface area contributed by atoms with Gasteiger partial charge in [-0.25, -0.2) is 0 Å². The fourth-order valence-electron chi connectivity index (χ4n) is 5.78. The lowest BCUT2D eigenvalue weighted by molar-refractivity contribution is 0.718. The Kier molecular flexibility index (Phi) is 3.00. The number of benzene rings is 2. The van der Waals surface area contributed by atoms with Gasteiger partial charge in [-0.15, -0.1) is 0 Å². The summed E-state index contributed by atoms with van der Waals surface area (Å²) in [6, 6.07) is 10.0. The molecule has 0 N–H and O–H groups in total. The second-order valence-electron chi connectivity index (χ2n) is 8.38. The lowest BCUT2D eigenvalue weighted by atomic mass is 9.91. The van der Waals surface area contributed by atoms with Gasteiger partial charge in [0.25, 0.3) is 0 Å². The van der Waals surface area contributed by atoms with Crippen molar-refractivity contribution in [2.24, 2.45) is 0 Å². The molecule has 4 heterocycles. The fraction of sp³-hybridized carbons (Fsp3) is 0.478. The van der Waals surface area contributed by atoms with E-state index < -0.39 is 0 Å². The van der Waals surface area contributed by atoms with Crippen LogP contribution in [0.5, 0.6) is 0 Å². The third kappa shape index (κ3) is 2.16. The summed E-state index contributed by atoms with van der Waals surface area (Å²) < 4.78 is 0. The second-order valence-corrected chi connectivity index (χ2v) is 8.38. The molecule has 0 saturated carbocycles. The van der Waals surface area contributed by atoms with Crippen LogP contribution in [0.15, 0.2) is 24.3 Å². The largest absolute Gasteiger partial charge is 0.371 e. The Morgan fingerprint density at radius 3 is 1.48 bits per heavy atom. The van der Waals surface area contributed by atoms with Gasteiger partial charge in [0.1, 0.15) is 0 Å². The van der Waals surface area contributed by atoms with E-state index in [1.807, 2.05) is 0 Å². The molecule has 0 fully saturated rings. The van der Waals surface area contributed by atoms with E-state index in [-0.39, 0.29) is 0 Å². The van der Waals surface area contributed by atoms with Gasteiger partial charge in [-0.1, -0.05) is 24.3 Å². The quantitative estimate of drug-likeness (QED) is 0.824. The molecule has 25 heavy (non-hydrogen) atoms. The number of anilines is 2. The average Bonchev–Trinajstić information content (AvgIpc) is 3.22. The van der Waals surface area contributed by atoms with Gasteiger partial charge in [0, 0.05) is 37.6 Å². The lowest BCUT2D eigenvalue weighted by Crippen LogP contribution is -2.26. The Morgan fingerprint density at radius 2 is 1.00 bits per heavy atom. The van der Waals surface area contributed by atoms with Crippen LogP contribution in [-0.4, -0.2) is 26.2 Å². The minimum atomic E-state index is 1.11. The van der Waals surface area contributed by atoms with Crippen molar-refractivity contribution in [2.45, 2.75) is 44.9 Å². The first-order valence-electron chi connectivity index (χ1n) is 10.1. The summed E-state index contributed by atoms with van der Waals surface area (Å²) in [6.45, 7) is 5.02. The molecule has 2 heteroatoms. The summed E-state index contributed by atoms with van der Waals surface area (Å²) in [7, 11) is 0. The normalized spacial score (nSPS) is 20.0. The van der Waals surface area contributed by atoms with Crippen molar-refractivity contribution >= 4 is 11.4 Å². The Bertz CT molecular complexity index is 795. The molecular formula is C23H26N2. The molecule has 0 atom stereocenters. The molecule has 0 unspecified atom stereocenters. The predicted molar refractivity (Wildman–Crippen MR) is 104 cm³/mol. The van der Waals surface area contributed by atoms with Gasteiger partial charge in [-0.05, 0) is 78.3 Å². The van der Waals surface area contributed by atoms with Crippen molar-refractivity contribution in [2.75, 3.05) is 36.0 Å². The first-order chi connectivity index (χ1) is 12.3. The van der Waals surface area contributed by atoms with Gasteiger partial charge in [0.2, 0.25) is 0 Å². The highest BCUT2D eigenvalue weighted by molar-refractivity contribution is 5.68. The Morgan fingerprint density at radius 1 is 0.560 bits per heavy atom. The van der Waals surface area contributed by atoms with E-state index >= 15 is 0 Å². The highest BCUT2D eigenvalue weighted by Gasteiger charge is 2.27. The van der Waals surface area contributed by atoms with Crippen LogP contribution in [0.2, 0.25) is 0 Å². The molecule has 0 bridgehead atoms. The van der Waals surface area contributed by atoms with E-state index in [4.69, 9.17) is 0 Å². The minimum Gasteiger partial charge on any atom is -0.371 e. The summed E-state index contributed by atoms with van der Waals surface area (Å²) in [5.74, 6) is 0. The van der Waals surface area contributed by atoms with Crippen molar-refractivity contribution in [3.63, 3.8) is 0 Å². The molecule has 2 aromatic carbocycles. The van der Waals surface area contributed by atoms with Gasteiger partial charge in [-0.3, -0.25) is 0 Å². The maximum atomic E-state index is 2.62. The highest BCUT2D eigenvalue weighted by Crippen LogP contribution is 2.39. The molecule has 0 aromatic heterocycles. The smallest absolute Gasteiger partial charge is 0.0432 e. The van der Waals surface area contributed by atoms with Crippen molar-refractivity contribution in [1.82, 2.24) is 0 Å². The van der Waals surface area contributed by atoms with Crippen LogP contribution in [-0.2, 0) is 32.1 Å². The van der Waals surface area contributed by atoms with Crippen molar-refractivity contribution in [3.05, 3.63) is 57.6 Å². The zero-order chi connectivity index (χ0) is 16.4. The predicted octanol–water partition coefficient (Wildman–Crippen LogP) is 3.89. The molecule has 6 rings (SSSR count). The van der Waals surface area contributed by atoms with E-state index in [9.17, 15) is 0 Å². The van der Waals surface area contributed by atoms with Crippen LogP contribution in [0.1, 0.15) is 46.2 Å². The SMILES string of the molecule is c1c(Cc2cc3c4c(c2)CCN4CCC3)cc2c3c1CCCN3CC2. The summed E-state index contributed by atoms with van der Waals surface area (Å²) in [4.78, 5) is 5.23. The van der Waals surface area contributed by atoms with Crippen molar-refractivity contribution in [3.8, 4) is 0 Å². The Hall–Kier alpha value is -1.96. The maximum absolute atomic E-state index is 2.62. The lowest BCUT2D eigenvalue weighted by Gasteiger charge is -2.28. The second kappa shape index (κ2) is 5.27. The summed E-state index contributed by atoms with van der Waals surface area (Å²) in [5, 5.41) is 0. The van der Waals surface area contributed by atoms with Crippen LogP contribution in [0, 0.1) is 0 Å². The molecule has 2 nitrogen and oxygen atoms in total. The van der Waals surface area contributed by atoms with Crippen LogP contribution in [0.3, 0.4) is 0 Å². The number of nitrogens with zero attached hydrogens (tertiary/aromatic N) is 2. The monoisotopic (exact) mass is 330 g/mol. The molecule has 4 aliphatic rings. The first kappa shape index (κ1) is 14.2. The molecule has 0 saturated heterocycles. The topological polar surface area (TPSA) is 6.48 Å². The molecule has 0 amide bonds. The van der Waals surface area contributed by atoms with Crippen LogP contribution < -0.4 is 9.80 Å². The Balaban J connectivity index is 1.37. The molecule has 0 aliphatic carbocycles. The van der Waals surface area contributed by atoms with Gasteiger partial charge in [0.05, 0.1) is 0 Å². The van der Waals surface area contributed by atoms with E-state index in [0.717, 1.165) is 6.42 Å². The maximum Gasteiger partial charge on any atom is 0.0432 e. The molecule has 128 valence electrons. The Labute approximate surface area is 150 Å². The zero-order valence-electron chi connectivity index (χ0n) is 15.0.